The van der Waals surface area contributed by atoms with Gasteiger partial charge in [-0.25, -0.2) is 0 Å². The summed E-state index contributed by atoms with van der Waals surface area (Å²) in [5.74, 6) is 0.758. The van der Waals surface area contributed by atoms with Crippen molar-refractivity contribution in [1.29, 1.82) is 0 Å². The lowest BCUT2D eigenvalue weighted by Gasteiger charge is -2.34. The van der Waals surface area contributed by atoms with Gasteiger partial charge in [0, 0.05) is 31.1 Å². The van der Waals surface area contributed by atoms with Gasteiger partial charge in [-0.15, -0.1) is 0 Å². The second-order valence-electron chi connectivity index (χ2n) is 6.58. The van der Waals surface area contributed by atoms with Gasteiger partial charge in [0.05, 0.1) is 5.92 Å². The molecular formula is C15H25N3O2. The van der Waals surface area contributed by atoms with Crippen LogP contribution in [0.1, 0.15) is 44.9 Å². The molecule has 1 heterocycles. The van der Waals surface area contributed by atoms with Gasteiger partial charge in [-0.2, -0.15) is 0 Å². The predicted molar refractivity (Wildman–Crippen MR) is 75.8 cm³/mol. The van der Waals surface area contributed by atoms with Gasteiger partial charge in [-0.3, -0.25) is 9.59 Å². The zero-order valence-electron chi connectivity index (χ0n) is 12.0. The van der Waals surface area contributed by atoms with E-state index in [1.165, 1.54) is 0 Å². The first-order valence-corrected chi connectivity index (χ1v) is 8.00. The molecule has 2 atom stereocenters. The largest absolute Gasteiger partial charge is 0.353 e. The van der Waals surface area contributed by atoms with Crippen molar-refractivity contribution in [2.24, 2.45) is 17.6 Å². The summed E-state index contributed by atoms with van der Waals surface area (Å²) < 4.78 is 0. The van der Waals surface area contributed by atoms with Crippen molar-refractivity contribution >= 4 is 11.8 Å². The molecule has 5 nitrogen and oxygen atoms in total. The first-order chi connectivity index (χ1) is 9.65. The fourth-order valence-corrected chi connectivity index (χ4v) is 3.44. The van der Waals surface area contributed by atoms with Crippen molar-refractivity contribution in [2.45, 2.75) is 57.0 Å². The number of hydrogen-bond acceptors (Lipinski definition) is 3. The third kappa shape index (κ3) is 2.97. The van der Waals surface area contributed by atoms with Crippen LogP contribution < -0.4 is 11.1 Å². The molecule has 2 unspecified atom stereocenters. The van der Waals surface area contributed by atoms with E-state index in [1.807, 2.05) is 4.90 Å². The molecule has 2 saturated carbocycles. The topological polar surface area (TPSA) is 75.4 Å². The Labute approximate surface area is 120 Å². The summed E-state index contributed by atoms with van der Waals surface area (Å²) in [7, 11) is 0. The fraction of sp³-hybridized carbons (Fsp3) is 0.867. The maximum absolute atomic E-state index is 12.4. The van der Waals surface area contributed by atoms with Crippen LogP contribution >= 0.6 is 0 Å². The number of carbonyl (C=O) groups is 2. The Morgan fingerprint density at radius 1 is 1.00 bits per heavy atom. The zero-order chi connectivity index (χ0) is 14.1. The molecule has 0 aromatic heterocycles. The Morgan fingerprint density at radius 2 is 1.70 bits per heavy atom. The molecule has 2 aliphatic carbocycles. The molecular weight excluding hydrogens is 254 g/mol. The van der Waals surface area contributed by atoms with Gasteiger partial charge in [0.15, 0.2) is 0 Å². The van der Waals surface area contributed by atoms with Crippen molar-refractivity contribution in [3.05, 3.63) is 0 Å². The Morgan fingerprint density at radius 3 is 2.25 bits per heavy atom. The van der Waals surface area contributed by atoms with Gasteiger partial charge in [0.2, 0.25) is 11.8 Å². The average molecular weight is 279 g/mol. The quantitative estimate of drug-likeness (QED) is 0.795. The highest BCUT2D eigenvalue weighted by Crippen LogP contribution is 2.30. The average Bonchev–Trinajstić information content (AvgIpc) is 3.21. The number of rotatable bonds is 3. The van der Waals surface area contributed by atoms with Gasteiger partial charge < -0.3 is 16.0 Å². The van der Waals surface area contributed by atoms with Gasteiger partial charge in [0.1, 0.15) is 0 Å². The normalized spacial score (nSPS) is 31.4. The molecule has 0 bridgehead atoms. The lowest BCUT2D eigenvalue weighted by Crippen LogP contribution is -2.49. The number of carbonyl (C=O) groups excluding carboxylic acids is 2. The highest BCUT2D eigenvalue weighted by molar-refractivity contribution is 5.81. The molecule has 3 N–H and O–H groups in total. The third-order valence-corrected chi connectivity index (χ3v) is 4.99. The highest BCUT2D eigenvalue weighted by atomic mass is 16.2. The van der Waals surface area contributed by atoms with E-state index in [0.717, 1.165) is 58.0 Å². The monoisotopic (exact) mass is 279 g/mol. The van der Waals surface area contributed by atoms with Crippen LogP contribution in [0.3, 0.4) is 0 Å². The maximum Gasteiger partial charge on any atom is 0.227 e. The van der Waals surface area contributed by atoms with Gasteiger partial charge in [-0.1, -0.05) is 6.42 Å². The number of hydrogen-bond donors (Lipinski definition) is 2. The van der Waals surface area contributed by atoms with Crippen LogP contribution in [0, 0.1) is 11.8 Å². The molecule has 1 aliphatic heterocycles. The molecule has 0 aromatic rings. The van der Waals surface area contributed by atoms with E-state index in [2.05, 4.69) is 5.32 Å². The third-order valence-electron chi connectivity index (χ3n) is 4.99. The van der Waals surface area contributed by atoms with Crippen molar-refractivity contribution in [1.82, 2.24) is 10.2 Å². The Kier molecular flexibility index (Phi) is 3.96. The van der Waals surface area contributed by atoms with Crippen LogP contribution in [-0.4, -0.2) is 41.9 Å². The number of amides is 2. The van der Waals surface area contributed by atoms with Gasteiger partial charge >= 0.3 is 0 Å². The summed E-state index contributed by atoms with van der Waals surface area (Å²) in [6.45, 7) is 1.52. The molecule has 0 radical (unpaired) electrons. The minimum atomic E-state index is 0.0348. The van der Waals surface area contributed by atoms with Crippen molar-refractivity contribution < 1.29 is 9.59 Å². The van der Waals surface area contributed by atoms with Crippen LogP contribution in [0.25, 0.3) is 0 Å². The van der Waals surface area contributed by atoms with E-state index in [-0.39, 0.29) is 35.7 Å². The first kappa shape index (κ1) is 13.9. The lowest BCUT2D eigenvalue weighted by molar-refractivity contribution is -0.136. The van der Waals surface area contributed by atoms with E-state index in [1.54, 1.807) is 0 Å². The van der Waals surface area contributed by atoms with Gasteiger partial charge in [0.25, 0.3) is 0 Å². The molecule has 3 rings (SSSR count). The van der Waals surface area contributed by atoms with Crippen LogP contribution in [0.4, 0.5) is 0 Å². The molecule has 3 fully saturated rings. The molecule has 0 spiro atoms. The maximum atomic E-state index is 12.4. The van der Waals surface area contributed by atoms with Gasteiger partial charge in [-0.05, 0) is 38.5 Å². The van der Waals surface area contributed by atoms with Crippen molar-refractivity contribution in [3.63, 3.8) is 0 Å². The second-order valence-corrected chi connectivity index (χ2v) is 6.58. The molecule has 3 aliphatic rings. The van der Waals surface area contributed by atoms with Crippen molar-refractivity contribution in [2.75, 3.05) is 13.1 Å². The second kappa shape index (κ2) is 5.72. The molecule has 20 heavy (non-hydrogen) atoms. The Hall–Kier alpha value is -1.10. The number of likely N-dealkylation sites (tertiary alicyclic amines) is 1. The summed E-state index contributed by atoms with van der Waals surface area (Å²) in [6.07, 6.45) is 6.85. The smallest absolute Gasteiger partial charge is 0.227 e. The Balaban J connectivity index is 1.45. The highest BCUT2D eigenvalue weighted by Gasteiger charge is 2.36. The van der Waals surface area contributed by atoms with Crippen molar-refractivity contribution in [3.8, 4) is 0 Å². The summed E-state index contributed by atoms with van der Waals surface area (Å²) in [6, 6.07) is 0.305. The van der Waals surface area contributed by atoms with Crippen LogP contribution in [0.5, 0.6) is 0 Å². The molecule has 2 amide bonds. The zero-order valence-corrected chi connectivity index (χ0v) is 12.0. The van der Waals surface area contributed by atoms with E-state index in [9.17, 15) is 9.59 Å². The van der Waals surface area contributed by atoms with E-state index in [0.29, 0.717) is 0 Å². The fourth-order valence-electron chi connectivity index (χ4n) is 3.44. The minimum Gasteiger partial charge on any atom is -0.353 e. The van der Waals surface area contributed by atoms with E-state index < -0.39 is 0 Å². The van der Waals surface area contributed by atoms with Crippen LogP contribution in [-0.2, 0) is 9.59 Å². The summed E-state index contributed by atoms with van der Waals surface area (Å²) in [5, 5.41) is 3.12. The number of nitrogens with two attached hydrogens (primary N) is 1. The lowest BCUT2D eigenvalue weighted by atomic mass is 9.99. The number of nitrogens with zero attached hydrogens (tertiary/aromatic N) is 1. The number of nitrogens with one attached hydrogen (secondary N) is 1. The van der Waals surface area contributed by atoms with E-state index >= 15 is 0 Å². The number of piperidine rings is 1. The van der Waals surface area contributed by atoms with E-state index in [4.69, 9.17) is 5.73 Å². The molecule has 1 saturated heterocycles. The summed E-state index contributed by atoms with van der Waals surface area (Å²) in [4.78, 5) is 26.1. The SMILES string of the molecule is NC1CCCC1C(=O)N1CCC(NC(=O)C2CC2)CC1. The van der Waals surface area contributed by atoms with Crippen LogP contribution in [0.15, 0.2) is 0 Å². The molecule has 0 aromatic carbocycles. The summed E-state index contributed by atoms with van der Waals surface area (Å²) >= 11 is 0. The standard InChI is InChI=1S/C15H25N3O2/c16-13-3-1-2-12(13)15(20)18-8-6-11(7-9-18)17-14(19)10-4-5-10/h10-13H,1-9,16H2,(H,17,19). The Bertz CT molecular complexity index is 387. The molecule has 5 heteroatoms. The summed E-state index contributed by atoms with van der Waals surface area (Å²) in [5.41, 5.74) is 6.02. The predicted octanol–water partition coefficient (Wildman–Crippen LogP) is 0.631. The molecule has 112 valence electrons. The first-order valence-electron chi connectivity index (χ1n) is 8.00. The minimum absolute atomic E-state index is 0.0348. The van der Waals surface area contributed by atoms with Crippen LogP contribution in [0.2, 0.25) is 0 Å².